The van der Waals surface area contributed by atoms with Gasteiger partial charge >= 0.3 is 6.61 Å². The van der Waals surface area contributed by atoms with E-state index in [4.69, 9.17) is 17.0 Å². The van der Waals surface area contributed by atoms with E-state index in [-0.39, 0.29) is 49.9 Å². The van der Waals surface area contributed by atoms with E-state index in [1.54, 1.807) is 25.1 Å². The zero-order valence-corrected chi connectivity index (χ0v) is 19.5. The van der Waals surface area contributed by atoms with Crippen molar-refractivity contribution in [2.45, 2.75) is 63.1 Å². The minimum absolute atomic E-state index is 0.0212. The van der Waals surface area contributed by atoms with Crippen molar-refractivity contribution >= 4 is 34.8 Å². The van der Waals surface area contributed by atoms with E-state index in [0.717, 1.165) is 0 Å². The lowest BCUT2D eigenvalue weighted by Gasteiger charge is -2.45. The Morgan fingerprint density at radius 2 is 1.97 bits per heavy atom. The van der Waals surface area contributed by atoms with Gasteiger partial charge in [0.05, 0.1) is 34.6 Å². The Morgan fingerprint density at radius 1 is 1.26 bits per heavy atom. The third kappa shape index (κ3) is 5.44. The maximum atomic E-state index is 13.6. The van der Waals surface area contributed by atoms with Crippen molar-refractivity contribution in [1.29, 1.82) is 5.41 Å². The van der Waals surface area contributed by atoms with Crippen LogP contribution in [0.2, 0.25) is 5.02 Å². The summed E-state index contributed by atoms with van der Waals surface area (Å²) in [7, 11) is 0. The van der Waals surface area contributed by atoms with Gasteiger partial charge in [0, 0.05) is 24.9 Å². The van der Waals surface area contributed by atoms with E-state index in [0.29, 0.717) is 22.0 Å². The van der Waals surface area contributed by atoms with Crippen LogP contribution in [0.5, 0.6) is 5.88 Å². The van der Waals surface area contributed by atoms with Crippen molar-refractivity contribution < 1.29 is 27.1 Å². The molecule has 1 aliphatic carbocycles. The van der Waals surface area contributed by atoms with Gasteiger partial charge in [-0.15, -0.1) is 0 Å². The predicted octanol–water partition coefficient (Wildman–Crippen LogP) is 5.63. The molecule has 0 spiro atoms. The first kappa shape index (κ1) is 25.0. The standard InChI is InChI=1S/C23H24ClF4N5O2/c1-22(11-18(34)33(21(29)32-22)14-7-9-23(27,28)10-8-14)15-3-2-4-16(19(15)24)31-13-5-6-17(30-12-13)35-20(25)26/h2-6,12,14,20,31H,7-11H2,1H3,(H2,29,32)/t22-/m0/s1. The van der Waals surface area contributed by atoms with E-state index < -0.39 is 24.1 Å². The number of rotatable bonds is 6. The number of hydrogen-bond donors (Lipinski definition) is 3. The monoisotopic (exact) mass is 513 g/mol. The number of benzene rings is 1. The number of alkyl halides is 4. The topological polar surface area (TPSA) is 90.3 Å². The van der Waals surface area contributed by atoms with Gasteiger partial charge in [-0.25, -0.2) is 13.8 Å². The highest BCUT2D eigenvalue weighted by molar-refractivity contribution is 6.34. The second kappa shape index (κ2) is 9.52. The van der Waals surface area contributed by atoms with Gasteiger partial charge in [-0.05, 0) is 37.5 Å². The molecule has 188 valence electrons. The Balaban J connectivity index is 1.51. The largest absolute Gasteiger partial charge is 0.417 e. The number of nitrogens with zero attached hydrogens (tertiary/aromatic N) is 2. The number of hydrogen-bond acceptors (Lipinski definition) is 5. The van der Waals surface area contributed by atoms with Crippen LogP contribution < -0.4 is 15.4 Å². The Hall–Kier alpha value is -3.08. The van der Waals surface area contributed by atoms with Gasteiger partial charge in [-0.3, -0.25) is 15.1 Å². The molecule has 1 amide bonds. The van der Waals surface area contributed by atoms with Gasteiger partial charge in [0.2, 0.25) is 17.7 Å². The number of anilines is 2. The van der Waals surface area contributed by atoms with Crippen LogP contribution in [0.3, 0.4) is 0 Å². The maximum absolute atomic E-state index is 13.6. The fourth-order valence-electron chi connectivity index (χ4n) is 4.54. The van der Waals surface area contributed by atoms with Gasteiger partial charge in [0.25, 0.3) is 0 Å². The Labute approximate surface area is 204 Å². The third-order valence-corrected chi connectivity index (χ3v) is 6.69. The molecular formula is C23H24ClF4N5O2. The van der Waals surface area contributed by atoms with Crippen LogP contribution in [-0.2, 0) is 10.3 Å². The summed E-state index contributed by atoms with van der Waals surface area (Å²) >= 11 is 6.67. The predicted molar refractivity (Wildman–Crippen MR) is 122 cm³/mol. The van der Waals surface area contributed by atoms with Gasteiger partial charge in [-0.1, -0.05) is 23.7 Å². The summed E-state index contributed by atoms with van der Waals surface area (Å²) in [5, 5.41) is 14.9. The molecule has 7 nitrogen and oxygen atoms in total. The summed E-state index contributed by atoms with van der Waals surface area (Å²) in [6, 6.07) is 7.49. The molecule has 0 unspecified atom stereocenters. The van der Waals surface area contributed by atoms with Crippen LogP contribution in [0, 0.1) is 5.41 Å². The first-order valence-corrected chi connectivity index (χ1v) is 11.4. The van der Waals surface area contributed by atoms with Crippen molar-refractivity contribution in [3.63, 3.8) is 0 Å². The first-order valence-electron chi connectivity index (χ1n) is 11.0. The van der Waals surface area contributed by atoms with Crippen molar-refractivity contribution in [3.05, 3.63) is 47.1 Å². The number of carbonyl (C=O) groups is 1. The number of carbonyl (C=O) groups excluding carboxylic acids is 1. The molecule has 1 aromatic carbocycles. The van der Waals surface area contributed by atoms with E-state index in [1.165, 1.54) is 23.2 Å². The van der Waals surface area contributed by atoms with Crippen LogP contribution in [0.15, 0.2) is 36.5 Å². The lowest BCUT2D eigenvalue weighted by molar-refractivity contribution is -0.134. The van der Waals surface area contributed by atoms with Crippen molar-refractivity contribution in [1.82, 2.24) is 15.2 Å². The molecule has 1 saturated heterocycles. The second-order valence-corrected chi connectivity index (χ2v) is 9.27. The van der Waals surface area contributed by atoms with Crippen LogP contribution >= 0.6 is 11.6 Å². The molecule has 1 atom stereocenters. The highest BCUT2D eigenvalue weighted by atomic mass is 35.5. The normalized spacial score (nSPS) is 22.8. The minimum Gasteiger partial charge on any atom is -0.417 e. The Bertz CT molecular complexity index is 1090. The molecular weight excluding hydrogens is 490 g/mol. The SMILES string of the molecule is C[C@@]1(c2cccc(Nc3ccc(OC(F)F)nc3)c2Cl)CC(=O)N(C2CCC(F)(F)CC2)C(=N)N1. The Kier molecular flexibility index (Phi) is 6.81. The summed E-state index contributed by atoms with van der Waals surface area (Å²) in [5.41, 5.74) is 0.497. The van der Waals surface area contributed by atoms with Crippen LogP contribution in [0.4, 0.5) is 28.9 Å². The zero-order chi connectivity index (χ0) is 25.4. The maximum Gasteiger partial charge on any atom is 0.388 e. The number of amides is 1. The highest BCUT2D eigenvalue weighted by Crippen LogP contribution is 2.41. The lowest BCUT2D eigenvalue weighted by Crippen LogP contribution is -2.62. The number of halogens is 5. The molecule has 35 heavy (non-hydrogen) atoms. The molecule has 2 aliphatic rings. The molecule has 1 aromatic heterocycles. The summed E-state index contributed by atoms with van der Waals surface area (Å²) in [4.78, 5) is 18.2. The fraction of sp³-hybridized carbons (Fsp3) is 0.435. The van der Waals surface area contributed by atoms with E-state index in [9.17, 15) is 22.4 Å². The highest BCUT2D eigenvalue weighted by Gasteiger charge is 2.45. The quantitative estimate of drug-likeness (QED) is 0.436. The average Bonchev–Trinajstić information content (AvgIpc) is 2.76. The summed E-state index contributed by atoms with van der Waals surface area (Å²) < 4.78 is 56.0. The number of guanidine groups is 1. The van der Waals surface area contributed by atoms with Gasteiger partial charge < -0.3 is 15.4 Å². The lowest BCUT2D eigenvalue weighted by atomic mass is 9.84. The number of ether oxygens (including phenoxy) is 1. The molecule has 12 heteroatoms. The molecule has 0 bridgehead atoms. The van der Waals surface area contributed by atoms with Gasteiger partial charge in [0.15, 0.2) is 5.96 Å². The van der Waals surface area contributed by atoms with Crippen LogP contribution in [0.1, 0.15) is 44.6 Å². The minimum atomic E-state index is -2.98. The van der Waals surface area contributed by atoms with Crippen LogP contribution in [0.25, 0.3) is 0 Å². The molecule has 2 fully saturated rings. The summed E-state index contributed by atoms with van der Waals surface area (Å²) in [5.74, 6) is -3.44. The van der Waals surface area contributed by atoms with Crippen molar-refractivity contribution in [3.8, 4) is 5.88 Å². The third-order valence-electron chi connectivity index (χ3n) is 6.28. The van der Waals surface area contributed by atoms with Gasteiger partial charge in [-0.2, -0.15) is 8.78 Å². The number of pyridine rings is 1. The Morgan fingerprint density at radius 3 is 2.57 bits per heavy atom. The summed E-state index contributed by atoms with van der Waals surface area (Å²) in [6.45, 7) is -1.23. The number of nitrogens with one attached hydrogen (secondary N) is 3. The van der Waals surface area contributed by atoms with E-state index in [2.05, 4.69) is 20.4 Å². The fourth-order valence-corrected chi connectivity index (χ4v) is 4.92. The van der Waals surface area contributed by atoms with Crippen LogP contribution in [-0.4, -0.2) is 40.3 Å². The zero-order valence-electron chi connectivity index (χ0n) is 18.8. The van der Waals surface area contributed by atoms with E-state index in [1.807, 2.05) is 0 Å². The van der Waals surface area contributed by atoms with E-state index >= 15 is 0 Å². The van der Waals surface area contributed by atoms with Crippen molar-refractivity contribution in [2.24, 2.45) is 0 Å². The molecule has 3 N–H and O–H groups in total. The first-order chi connectivity index (χ1) is 16.5. The van der Waals surface area contributed by atoms with Gasteiger partial charge in [0.1, 0.15) is 0 Å². The molecule has 4 rings (SSSR count). The number of aromatic nitrogens is 1. The summed E-state index contributed by atoms with van der Waals surface area (Å²) in [6.07, 6.45) is 0.938. The molecule has 1 aliphatic heterocycles. The molecule has 2 heterocycles. The average molecular weight is 514 g/mol. The second-order valence-electron chi connectivity index (χ2n) is 8.89. The smallest absolute Gasteiger partial charge is 0.388 e. The molecule has 2 aromatic rings. The molecule has 1 saturated carbocycles. The molecule has 0 radical (unpaired) electrons. The van der Waals surface area contributed by atoms with Crippen molar-refractivity contribution in [2.75, 3.05) is 5.32 Å².